The summed E-state index contributed by atoms with van der Waals surface area (Å²) in [6.45, 7) is 10.6. The molecular formula is C29H36F3N5O4. The summed E-state index contributed by atoms with van der Waals surface area (Å²) in [7, 11) is 0. The number of nitrogens with one attached hydrogen (secondary N) is 3. The van der Waals surface area contributed by atoms with Crippen LogP contribution in [0.4, 0.5) is 18.9 Å². The Balaban J connectivity index is 1.52. The van der Waals surface area contributed by atoms with E-state index in [0.29, 0.717) is 12.1 Å². The molecule has 1 saturated heterocycles. The van der Waals surface area contributed by atoms with E-state index in [2.05, 4.69) is 10.6 Å². The van der Waals surface area contributed by atoms with Crippen molar-refractivity contribution in [3.63, 3.8) is 0 Å². The first-order chi connectivity index (χ1) is 18.9. The summed E-state index contributed by atoms with van der Waals surface area (Å²) in [4.78, 5) is 53.1. The molecule has 0 aromatic heterocycles. The predicted octanol–water partition coefficient (Wildman–Crippen LogP) is 3.08. The predicted molar refractivity (Wildman–Crippen MR) is 143 cm³/mol. The molecule has 1 aromatic rings. The van der Waals surface area contributed by atoms with Gasteiger partial charge in [-0.1, -0.05) is 52.3 Å². The van der Waals surface area contributed by atoms with Crippen LogP contribution in [0.1, 0.15) is 52.2 Å². The maximum atomic E-state index is 13.7. The molecule has 3 N–H and O–H groups in total. The van der Waals surface area contributed by atoms with E-state index in [9.17, 15) is 37.6 Å². The van der Waals surface area contributed by atoms with E-state index in [4.69, 9.17) is 0 Å². The number of hydrogen-bond acceptors (Lipinski definition) is 5. The number of piperidine rings is 1. The quantitative estimate of drug-likeness (QED) is 0.480. The van der Waals surface area contributed by atoms with Crippen LogP contribution in [-0.2, 0) is 25.6 Å². The first kappa shape index (κ1) is 30.3. The Kier molecular flexibility index (Phi) is 7.65. The lowest BCUT2D eigenvalue weighted by Gasteiger charge is -2.38. The molecule has 4 rings (SSSR count). The number of carbonyl (C=O) groups is 4. The van der Waals surface area contributed by atoms with Crippen molar-refractivity contribution in [3.05, 3.63) is 29.3 Å². The van der Waals surface area contributed by atoms with Crippen LogP contribution in [0.5, 0.6) is 0 Å². The molecule has 4 amide bonds. The van der Waals surface area contributed by atoms with Crippen LogP contribution in [0.3, 0.4) is 0 Å². The van der Waals surface area contributed by atoms with Crippen molar-refractivity contribution in [2.24, 2.45) is 28.6 Å². The third kappa shape index (κ3) is 5.90. The Morgan fingerprint density at radius 3 is 2.44 bits per heavy atom. The van der Waals surface area contributed by atoms with Gasteiger partial charge in [-0.3, -0.25) is 19.2 Å². The molecule has 1 aromatic carbocycles. The summed E-state index contributed by atoms with van der Waals surface area (Å²) < 4.78 is 39.2. The molecule has 2 heterocycles. The summed E-state index contributed by atoms with van der Waals surface area (Å²) in [6, 6.07) is 4.11. The molecule has 222 valence electrons. The number of likely N-dealkylation sites (tertiary alicyclic amines) is 1. The molecule has 1 saturated carbocycles. The summed E-state index contributed by atoms with van der Waals surface area (Å²) in [5.74, 6) is -4.78. The minimum Gasteiger partial charge on any atom is -0.339 e. The second-order valence-corrected chi connectivity index (χ2v) is 13.1. The van der Waals surface area contributed by atoms with Gasteiger partial charge in [0.25, 0.3) is 0 Å². The van der Waals surface area contributed by atoms with Crippen molar-refractivity contribution in [3.8, 4) is 6.07 Å². The molecule has 3 aliphatic rings. The van der Waals surface area contributed by atoms with E-state index >= 15 is 0 Å². The highest BCUT2D eigenvalue weighted by molar-refractivity contribution is 5.96. The molecule has 0 spiro atoms. The fourth-order valence-corrected chi connectivity index (χ4v) is 6.32. The van der Waals surface area contributed by atoms with Gasteiger partial charge in [-0.25, -0.2) is 0 Å². The van der Waals surface area contributed by atoms with Crippen LogP contribution in [0, 0.1) is 46.8 Å². The highest BCUT2D eigenvalue weighted by Gasteiger charge is 2.70. The average molecular weight is 576 g/mol. The van der Waals surface area contributed by atoms with Crippen molar-refractivity contribution in [1.82, 2.24) is 15.5 Å². The molecule has 0 bridgehead atoms. The van der Waals surface area contributed by atoms with Gasteiger partial charge in [0.1, 0.15) is 18.1 Å². The van der Waals surface area contributed by atoms with Gasteiger partial charge < -0.3 is 20.9 Å². The number of carbonyl (C=O) groups excluding carboxylic acids is 4. The zero-order chi connectivity index (χ0) is 30.7. The Hall–Kier alpha value is -3.62. The van der Waals surface area contributed by atoms with E-state index < -0.39 is 53.4 Å². The van der Waals surface area contributed by atoms with E-state index in [1.165, 1.54) is 25.7 Å². The number of rotatable bonds is 6. The first-order valence-corrected chi connectivity index (χ1v) is 13.6. The van der Waals surface area contributed by atoms with Gasteiger partial charge in [0.05, 0.1) is 6.07 Å². The van der Waals surface area contributed by atoms with Crippen LogP contribution >= 0.6 is 0 Å². The number of alkyl halides is 3. The lowest BCUT2D eigenvalue weighted by Crippen LogP contribution is -2.61. The van der Waals surface area contributed by atoms with Gasteiger partial charge in [0.15, 0.2) is 0 Å². The fraction of sp³-hybridized carbons (Fsp3) is 0.621. The van der Waals surface area contributed by atoms with Gasteiger partial charge in [0, 0.05) is 18.2 Å². The third-order valence-electron chi connectivity index (χ3n) is 8.75. The number of halogens is 3. The van der Waals surface area contributed by atoms with Gasteiger partial charge in [0.2, 0.25) is 17.7 Å². The topological polar surface area (TPSA) is 131 Å². The number of nitrogens with zero attached hydrogens (tertiary/aromatic N) is 2. The van der Waals surface area contributed by atoms with Crippen LogP contribution in [0.25, 0.3) is 0 Å². The molecule has 0 unspecified atom stereocenters. The van der Waals surface area contributed by atoms with Crippen LogP contribution in [0.2, 0.25) is 0 Å². The standard InChI is InChI=1S/C29H36F3N5O4/c1-14-7-8-19-15(9-14)10-16(23(38)35-19)11-17(12-33)34-24(39)21-20-18(28(20,5)6)13-37(21)25(40)22(27(2,3)4)36-26(41)29(30,31)32/h7-9,16-18,20-22H,10-11,13H2,1-6H3,(H,34,39)(H,35,38)(H,36,41)/t16-,17-,18-,20+,21-,22+/m0/s1. The van der Waals surface area contributed by atoms with E-state index in [1.54, 1.807) is 0 Å². The number of fused-ring (bicyclic) bond motifs is 2. The first-order valence-electron chi connectivity index (χ1n) is 13.6. The molecule has 12 heteroatoms. The molecule has 2 aliphatic heterocycles. The lowest BCUT2D eigenvalue weighted by atomic mass is 9.85. The number of benzene rings is 1. The second-order valence-electron chi connectivity index (χ2n) is 13.1. The highest BCUT2D eigenvalue weighted by atomic mass is 19.4. The Morgan fingerprint density at radius 2 is 1.85 bits per heavy atom. The molecule has 2 fully saturated rings. The van der Waals surface area contributed by atoms with Crippen molar-refractivity contribution >= 4 is 29.3 Å². The fourth-order valence-electron chi connectivity index (χ4n) is 6.32. The Bertz CT molecular complexity index is 1310. The number of nitriles is 1. The molecule has 9 nitrogen and oxygen atoms in total. The van der Waals surface area contributed by atoms with Crippen molar-refractivity contribution < 1.29 is 32.3 Å². The normalized spacial score (nSPS) is 26.0. The third-order valence-corrected chi connectivity index (χ3v) is 8.75. The number of aryl methyl sites for hydroxylation is 1. The highest BCUT2D eigenvalue weighted by Crippen LogP contribution is 2.65. The van der Waals surface area contributed by atoms with Crippen molar-refractivity contribution in [2.75, 3.05) is 11.9 Å². The van der Waals surface area contributed by atoms with Crippen LogP contribution in [0.15, 0.2) is 18.2 Å². The van der Waals surface area contributed by atoms with Gasteiger partial charge in [-0.15, -0.1) is 0 Å². The summed E-state index contributed by atoms with van der Waals surface area (Å²) in [6.07, 6.45) is -4.74. The molecule has 0 radical (unpaired) electrons. The Labute approximate surface area is 237 Å². The molecule has 1 aliphatic carbocycles. The number of anilines is 1. The van der Waals surface area contributed by atoms with E-state index in [0.717, 1.165) is 11.1 Å². The molecular weight excluding hydrogens is 539 g/mol. The Morgan fingerprint density at radius 1 is 1.20 bits per heavy atom. The molecule has 41 heavy (non-hydrogen) atoms. The van der Waals surface area contributed by atoms with Crippen molar-refractivity contribution in [1.29, 1.82) is 5.26 Å². The largest absolute Gasteiger partial charge is 0.471 e. The monoisotopic (exact) mass is 575 g/mol. The smallest absolute Gasteiger partial charge is 0.339 e. The number of hydrogen-bond donors (Lipinski definition) is 3. The second kappa shape index (κ2) is 10.3. The average Bonchev–Trinajstić information content (AvgIpc) is 3.19. The maximum absolute atomic E-state index is 13.7. The van der Waals surface area contributed by atoms with Crippen LogP contribution in [-0.4, -0.2) is 59.4 Å². The maximum Gasteiger partial charge on any atom is 0.471 e. The van der Waals surface area contributed by atoms with Gasteiger partial charge in [-0.2, -0.15) is 18.4 Å². The zero-order valence-electron chi connectivity index (χ0n) is 24.0. The lowest BCUT2D eigenvalue weighted by molar-refractivity contribution is -0.176. The van der Waals surface area contributed by atoms with Crippen LogP contribution < -0.4 is 16.0 Å². The minimum atomic E-state index is -5.18. The summed E-state index contributed by atoms with van der Waals surface area (Å²) >= 11 is 0. The summed E-state index contributed by atoms with van der Waals surface area (Å²) in [5, 5.41) is 17.2. The molecule has 6 atom stereocenters. The zero-order valence-corrected chi connectivity index (χ0v) is 24.0. The van der Waals surface area contributed by atoms with E-state index in [1.807, 2.05) is 50.4 Å². The minimum absolute atomic E-state index is 0.0475. The van der Waals surface area contributed by atoms with Gasteiger partial charge >= 0.3 is 12.1 Å². The van der Waals surface area contributed by atoms with Crippen molar-refractivity contribution in [2.45, 2.75) is 78.7 Å². The SMILES string of the molecule is Cc1ccc2c(c1)C[C@@H](C[C@@H](C#N)NC(=O)[C@@H]1[C@H]3[C@H](CN1C(=O)[C@@H](NC(=O)C(F)(F)F)C(C)(C)C)C3(C)C)C(=O)N2. The summed E-state index contributed by atoms with van der Waals surface area (Å²) in [5.41, 5.74) is 1.29. The van der Waals surface area contributed by atoms with Gasteiger partial charge in [-0.05, 0) is 54.1 Å². The van der Waals surface area contributed by atoms with E-state index in [-0.39, 0.29) is 36.1 Å². The number of amides is 4.